The van der Waals surface area contributed by atoms with Crippen LogP contribution in [0.5, 0.6) is 0 Å². The Morgan fingerprint density at radius 1 is 1.17 bits per heavy atom. The maximum Gasteiger partial charge on any atom is 0.222 e. The molecule has 2 aliphatic rings. The molecule has 1 aromatic heterocycles. The maximum absolute atomic E-state index is 13.2. The molecule has 2 atom stereocenters. The van der Waals surface area contributed by atoms with Crippen LogP contribution in [0.15, 0.2) is 65.4 Å². The normalized spacial score (nSPS) is 22.6. The van der Waals surface area contributed by atoms with Gasteiger partial charge in [-0.05, 0) is 55.9 Å². The van der Waals surface area contributed by atoms with E-state index in [1.807, 2.05) is 6.20 Å². The number of benzene rings is 2. The first-order valence-electron chi connectivity index (χ1n) is 10.8. The summed E-state index contributed by atoms with van der Waals surface area (Å²) in [6.07, 6.45) is 8.61. The summed E-state index contributed by atoms with van der Waals surface area (Å²) in [5, 5.41) is 0. The maximum atomic E-state index is 13.2. The number of fused-ring (bicyclic) bond motifs is 3. The van der Waals surface area contributed by atoms with Gasteiger partial charge in [0.2, 0.25) is 5.91 Å². The molecule has 0 saturated carbocycles. The van der Waals surface area contributed by atoms with E-state index in [9.17, 15) is 4.79 Å². The van der Waals surface area contributed by atoms with E-state index in [-0.39, 0.29) is 5.91 Å². The Bertz CT molecular complexity index is 1070. The van der Waals surface area contributed by atoms with Crippen LogP contribution < -0.4 is 0 Å². The first-order chi connectivity index (χ1) is 14.6. The minimum Gasteiger partial charge on any atom is -0.340 e. The molecule has 154 valence electrons. The van der Waals surface area contributed by atoms with Gasteiger partial charge in [-0.15, -0.1) is 0 Å². The fourth-order valence-electron chi connectivity index (χ4n) is 5.30. The monoisotopic (exact) mass is 463 g/mol. The van der Waals surface area contributed by atoms with Crippen molar-refractivity contribution in [2.45, 2.75) is 50.6 Å². The summed E-state index contributed by atoms with van der Waals surface area (Å²) >= 11 is 3.57. The van der Waals surface area contributed by atoms with E-state index < -0.39 is 5.54 Å². The van der Waals surface area contributed by atoms with Crippen LogP contribution in [0.25, 0.3) is 11.4 Å². The number of aromatic nitrogens is 2. The van der Waals surface area contributed by atoms with E-state index in [0.717, 1.165) is 41.7 Å². The molecule has 0 bridgehead atoms. The van der Waals surface area contributed by atoms with Crippen molar-refractivity contribution in [3.8, 4) is 11.4 Å². The molecule has 0 radical (unpaired) electrons. The number of nitrogens with zero attached hydrogens (tertiary/aromatic N) is 3. The zero-order valence-corrected chi connectivity index (χ0v) is 18.8. The molecule has 3 heterocycles. The van der Waals surface area contributed by atoms with E-state index in [1.165, 1.54) is 17.5 Å². The molecule has 1 saturated heterocycles. The lowest BCUT2D eigenvalue weighted by atomic mass is 9.79. The van der Waals surface area contributed by atoms with Crippen LogP contribution in [0.3, 0.4) is 0 Å². The largest absolute Gasteiger partial charge is 0.340 e. The van der Waals surface area contributed by atoms with Gasteiger partial charge in [0, 0.05) is 41.4 Å². The summed E-state index contributed by atoms with van der Waals surface area (Å²) in [6, 6.07) is 17.3. The van der Waals surface area contributed by atoms with Gasteiger partial charge in [0.05, 0.1) is 5.54 Å². The van der Waals surface area contributed by atoms with Crippen molar-refractivity contribution in [3.05, 3.63) is 76.5 Å². The lowest BCUT2D eigenvalue weighted by Crippen LogP contribution is -2.43. The second kappa shape index (κ2) is 7.69. The van der Waals surface area contributed by atoms with Gasteiger partial charge in [0.1, 0.15) is 5.82 Å². The highest BCUT2D eigenvalue weighted by atomic mass is 79.9. The molecule has 5 heteroatoms. The number of carbonyl (C=O) groups excluding carboxylic acids is 1. The van der Waals surface area contributed by atoms with E-state index in [0.29, 0.717) is 12.5 Å². The Labute approximate surface area is 186 Å². The fourth-order valence-corrected chi connectivity index (χ4v) is 5.56. The number of imidazole rings is 1. The molecule has 1 fully saturated rings. The van der Waals surface area contributed by atoms with Crippen LogP contribution in [0.1, 0.15) is 50.2 Å². The molecule has 2 aliphatic heterocycles. The molecule has 3 aromatic rings. The summed E-state index contributed by atoms with van der Waals surface area (Å²) in [5.74, 6) is 1.25. The van der Waals surface area contributed by atoms with Gasteiger partial charge in [-0.3, -0.25) is 4.79 Å². The van der Waals surface area contributed by atoms with Crippen molar-refractivity contribution in [3.63, 3.8) is 0 Å². The number of likely N-dealkylation sites (tertiary alicyclic amines) is 1. The van der Waals surface area contributed by atoms with E-state index in [4.69, 9.17) is 0 Å². The van der Waals surface area contributed by atoms with Gasteiger partial charge >= 0.3 is 0 Å². The van der Waals surface area contributed by atoms with Crippen LogP contribution in [-0.4, -0.2) is 32.9 Å². The average molecular weight is 464 g/mol. The van der Waals surface area contributed by atoms with Gasteiger partial charge in [0.25, 0.3) is 0 Å². The SMILES string of the molecule is CC1CCCCN1C(=O)CCC1(c2ccc(Br)cc2)c2ccccc2-c2nccn21. The summed E-state index contributed by atoms with van der Waals surface area (Å²) in [5.41, 5.74) is 3.16. The van der Waals surface area contributed by atoms with Crippen molar-refractivity contribution >= 4 is 21.8 Å². The van der Waals surface area contributed by atoms with Crippen LogP contribution in [0.2, 0.25) is 0 Å². The molecule has 30 heavy (non-hydrogen) atoms. The number of piperidine rings is 1. The Morgan fingerprint density at radius 2 is 1.97 bits per heavy atom. The van der Waals surface area contributed by atoms with Gasteiger partial charge in [-0.1, -0.05) is 52.3 Å². The fraction of sp³-hybridized carbons (Fsp3) is 0.360. The zero-order valence-electron chi connectivity index (χ0n) is 17.2. The van der Waals surface area contributed by atoms with E-state index in [1.54, 1.807) is 0 Å². The Kier molecular flexibility index (Phi) is 5.02. The van der Waals surface area contributed by atoms with E-state index in [2.05, 4.69) is 92.0 Å². The van der Waals surface area contributed by atoms with Crippen molar-refractivity contribution in [1.29, 1.82) is 0 Å². The van der Waals surface area contributed by atoms with Crippen molar-refractivity contribution in [2.75, 3.05) is 6.54 Å². The average Bonchev–Trinajstić information content (AvgIpc) is 3.34. The molecule has 2 aromatic carbocycles. The molecule has 0 spiro atoms. The lowest BCUT2D eigenvalue weighted by molar-refractivity contribution is -0.134. The highest BCUT2D eigenvalue weighted by Gasteiger charge is 2.45. The van der Waals surface area contributed by atoms with Crippen LogP contribution in [0.4, 0.5) is 0 Å². The number of carbonyl (C=O) groups is 1. The quantitative estimate of drug-likeness (QED) is 0.504. The van der Waals surface area contributed by atoms with Crippen LogP contribution >= 0.6 is 15.9 Å². The Hall–Kier alpha value is -2.40. The van der Waals surface area contributed by atoms with Gasteiger partial charge in [0.15, 0.2) is 0 Å². The zero-order chi connectivity index (χ0) is 20.7. The summed E-state index contributed by atoms with van der Waals surface area (Å²) < 4.78 is 3.32. The lowest BCUT2D eigenvalue weighted by Gasteiger charge is -2.37. The van der Waals surface area contributed by atoms with Gasteiger partial charge < -0.3 is 9.47 Å². The van der Waals surface area contributed by atoms with Crippen molar-refractivity contribution in [1.82, 2.24) is 14.5 Å². The third-order valence-electron chi connectivity index (χ3n) is 6.81. The molecular weight excluding hydrogens is 438 g/mol. The van der Waals surface area contributed by atoms with Gasteiger partial charge in [-0.2, -0.15) is 0 Å². The third kappa shape index (κ3) is 3.02. The number of rotatable bonds is 4. The molecule has 0 N–H and O–H groups in total. The highest BCUT2D eigenvalue weighted by molar-refractivity contribution is 9.10. The predicted molar refractivity (Wildman–Crippen MR) is 122 cm³/mol. The molecular formula is C25H26BrN3O. The third-order valence-corrected chi connectivity index (χ3v) is 7.34. The second-order valence-electron chi connectivity index (χ2n) is 8.47. The molecule has 4 nitrogen and oxygen atoms in total. The topological polar surface area (TPSA) is 38.1 Å². The van der Waals surface area contributed by atoms with E-state index >= 15 is 0 Å². The van der Waals surface area contributed by atoms with Crippen LogP contribution in [0, 0.1) is 0 Å². The molecule has 5 rings (SSSR count). The summed E-state index contributed by atoms with van der Waals surface area (Å²) in [7, 11) is 0. The summed E-state index contributed by atoms with van der Waals surface area (Å²) in [4.78, 5) is 20.0. The number of amides is 1. The molecule has 0 aliphatic carbocycles. The highest BCUT2D eigenvalue weighted by Crippen LogP contribution is 2.49. The Morgan fingerprint density at radius 3 is 2.77 bits per heavy atom. The first kappa shape index (κ1) is 19.6. The number of hydrogen-bond acceptors (Lipinski definition) is 2. The Balaban J connectivity index is 1.57. The number of hydrogen-bond donors (Lipinski definition) is 0. The molecule has 2 unspecified atom stereocenters. The smallest absolute Gasteiger partial charge is 0.222 e. The minimum atomic E-state index is -0.419. The molecule has 1 amide bonds. The minimum absolute atomic E-state index is 0.268. The second-order valence-corrected chi connectivity index (χ2v) is 9.38. The van der Waals surface area contributed by atoms with Crippen molar-refractivity contribution < 1.29 is 4.79 Å². The van der Waals surface area contributed by atoms with Gasteiger partial charge in [-0.25, -0.2) is 4.98 Å². The number of halogens is 1. The first-order valence-corrected chi connectivity index (χ1v) is 11.6. The standard InChI is InChI=1S/C25H26BrN3O/c1-18-6-4-5-16-28(18)23(30)13-14-25(19-9-11-20(26)12-10-19)22-8-3-2-7-21(22)24-27-15-17-29(24)25/h2-3,7-12,15,17-18H,4-6,13-14,16H2,1H3. The summed E-state index contributed by atoms with van der Waals surface area (Å²) in [6.45, 7) is 3.07. The predicted octanol–water partition coefficient (Wildman–Crippen LogP) is 5.60. The van der Waals surface area contributed by atoms with Crippen molar-refractivity contribution in [2.24, 2.45) is 0 Å². The van der Waals surface area contributed by atoms with Crippen LogP contribution in [-0.2, 0) is 10.3 Å².